The molecule has 1 aliphatic rings. The van der Waals surface area contributed by atoms with Crippen molar-refractivity contribution in [1.29, 1.82) is 0 Å². The zero-order chi connectivity index (χ0) is 14.0. The van der Waals surface area contributed by atoms with Crippen LogP contribution in [0.4, 0.5) is 11.4 Å². The first kappa shape index (κ1) is 13.8. The molecule has 0 unspecified atom stereocenters. The summed E-state index contributed by atoms with van der Waals surface area (Å²) >= 11 is 0. The van der Waals surface area contributed by atoms with Crippen molar-refractivity contribution in [2.24, 2.45) is 0 Å². The number of nitrogens with zero attached hydrogens (tertiary/aromatic N) is 3. The van der Waals surface area contributed by atoms with Crippen LogP contribution >= 0.6 is 0 Å². The number of non-ortho nitro benzene ring substituents is 1. The summed E-state index contributed by atoms with van der Waals surface area (Å²) in [5.74, 6) is 0. The third kappa shape index (κ3) is 3.21. The molecule has 0 spiro atoms. The SMILES string of the molecule is CS(=O)(=O)N1CCN(c2ccc([N+](=O)[O-])cc2)CC1. The lowest BCUT2D eigenvalue weighted by Gasteiger charge is -2.34. The van der Waals surface area contributed by atoms with Gasteiger partial charge in [-0.25, -0.2) is 8.42 Å². The molecule has 0 saturated carbocycles. The normalized spacial score (nSPS) is 17.4. The fourth-order valence-electron chi connectivity index (χ4n) is 2.06. The van der Waals surface area contributed by atoms with Crippen LogP contribution in [0.3, 0.4) is 0 Å². The van der Waals surface area contributed by atoms with Crippen LogP contribution in [0.25, 0.3) is 0 Å². The van der Waals surface area contributed by atoms with Gasteiger partial charge in [0.25, 0.3) is 5.69 Å². The molecule has 2 rings (SSSR count). The van der Waals surface area contributed by atoms with E-state index in [1.807, 2.05) is 4.90 Å². The van der Waals surface area contributed by atoms with Crippen molar-refractivity contribution in [1.82, 2.24) is 4.31 Å². The Morgan fingerprint density at radius 2 is 1.63 bits per heavy atom. The van der Waals surface area contributed by atoms with Crippen molar-refractivity contribution in [3.63, 3.8) is 0 Å². The van der Waals surface area contributed by atoms with E-state index >= 15 is 0 Å². The van der Waals surface area contributed by atoms with Gasteiger partial charge in [-0.1, -0.05) is 0 Å². The van der Waals surface area contributed by atoms with E-state index in [0.717, 1.165) is 5.69 Å². The van der Waals surface area contributed by atoms with E-state index in [1.54, 1.807) is 12.1 Å². The quantitative estimate of drug-likeness (QED) is 0.602. The molecule has 1 saturated heterocycles. The number of anilines is 1. The Labute approximate surface area is 111 Å². The molecule has 0 aromatic heterocycles. The zero-order valence-corrected chi connectivity index (χ0v) is 11.3. The Hall–Kier alpha value is -1.67. The first-order valence-electron chi connectivity index (χ1n) is 5.82. The molecular formula is C11H15N3O4S. The Kier molecular flexibility index (Phi) is 3.72. The highest BCUT2D eigenvalue weighted by Gasteiger charge is 2.23. The molecule has 1 aromatic rings. The summed E-state index contributed by atoms with van der Waals surface area (Å²) < 4.78 is 24.2. The minimum atomic E-state index is -3.13. The fourth-order valence-corrected chi connectivity index (χ4v) is 2.89. The van der Waals surface area contributed by atoms with Gasteiger partial charge >= 0.3 is 0 Å². The average molecular weight is 285 g/mol. The predicted octanol–water partition coefficient (Wildman–Crippen LogP) is 0.676. The summed E-state index contributed by atoms with van der Waals surface area (Å²) in [5.41, 5.74) is 0.928. The van der Waals surface area contributed by atoms with Gasteiger partial charge in [0.1, 0.15) is 0 Å². The molecule has 0 amide bonds. The van der Waals surface area contributed by atoms with Crippen LogP contribution in [0.5, 0.6) is 0 Å². The van der Waals surface area contributed by atoms with Crippen LogP contribution in [0.1, 0.15) is 0 Å². The average Bonchev–Trinajstić information content (AvgIpc) is 2.38. The van der Waals surface area contributed by atoms with E-state index in [-0.39, 0.29) is 5.69 Å². The summed E-state index contributed by atoms with van der Waals surface area (Å²) in [6.07, 6.45) is 1.20. The maximum absolute atomic E-state index is 11.4. The van der Waals surface area contributed by atoms with E-state index in [1.165, 1.54) is 22.7 Å². The summed E-state index contributed by atoms with van der Waals surface area (Å²) in [5, 5.41) is 10.6. The molecule has 1 fully saturated rings. The number of nitro groups is 1. The van der Waals surface area contributed by atoms with E-state index < -0.39 is 14.9 Å². The van der Waals surface area contributed by atoms with Gasteiger partial charge in [-0.3, -0.25) is 10.1 Å². The van der Waals surface area contributed by atoms with E-state index in [2.05, 4.69) is 0 Å². The molecule has 104 valence electrons. The van der Waals surface area contributed by atoms with Gasteiger partial charge in [0, 0.05) is 44.0 Å². The van der Waals surface area contributed by atoms with Crippen molar-refractivity contribution >= 4 is 21.4 Å². The number of hydrogen-bond donors (Lipinski definition) is 0. The number of sulfonamides is 1. The van der Waals surface area contributed by atoms with Crippen molar-refractivity contribution in [2.75, 3.05) is 37.3 Å². The van der Waals surface area contributed by atoms with Crippen LogP contribution in [-0.4, -0.2) is 50.1 Å². The number of rotatable bonds is 3. The smallest absolute Gasteiger partial charge is 0.269 e. The summed E-state index contributed by atoms with van der Waals surface area (Å²) in [4.78, 5) is 12.1. The molecule has 19 heavy (non-hydrogen) atoms. The maximum atomic E-state index is 11.4. The predicted molar refractivity (Wildman–Crippen MR) is 71.7 cm³/mol. The van der Waals surface area contributed by atoms with Gasteiger partial charge in [0.2, 0.25) is 10.0 Å². The van der Waals surface area contributed by atoms with Crippen LogP contribution < -0.4 is 4.90 Å². The maximum Gasteiger partial charge on any atom is 0.269 e. The zero-order valence-electron chi connectivity index (χ0n) is 10.5. The van der Waals surface area contributed by atoms with E-state index in [4.69, 9.17) is 0 Å². The van der Waals surface area contributed by atoms with Gasteiger partial charge in [-0.05, 0) is 12.1 Å². The van der Waals surface area contributed by atoms with Crippen LogP contribution in [0, 0.1) is 10.1 Å². The molecule has 0 radical (unpaired) electrons. The highest BCUT2D eigenvalue weighted by Crippen LogP contribution is 2.21. The lowest BCUT2D eigenvalue weighted by Crippen LogP contribution is -2.48. The molecule has 7 nitrogen and oxygen atoms in total. The largest absolute Gasteiger partial charge is 0.369 e. The number of hydrogen-bond acceptors (Lipinski definition) is 5. The van der Waals surface area contributed by atoms with Crippen molar-refractivity contribution < 1.29 is 13.3 Å². The minimum Gasteiger partial charge on any atom is -0.369 e. The third-order valence-corrected chi connectivity index (χ3v) is 4.44. The standard InChI is InChI=1S/C11H15N3O4S/c1-19(17,18)13-8-6-12(7-9-13)10-2-4-11(5-3-10)14(15)16/h2-5H,6-9H2,1H3. The molecule has 0 N–H and O–H groups in total. The van der Waals surface area contributed by atoms with Crippen molar-refractivity contribution in [2.45, 2.75) is 0 Å². The van der Waals surface area contributed by atoms with Gasteiger partial charge in [0.05, 0.1) is 11.2 Å². The number of nitro benzene ring substituents is 1. The molecule has 0 aliphatic carbocycles. The van der Waals surface area contributed by atoms with Crippen molar-refractivity contribution in [3.05, 3.63) is 34.4 Å². The van der Waals surface area contributed by atoms with E-state index in [9.17, 15) is 18.5 Å². The number of benzene rings is 1. The van der Waals surface area contributed by atoms with Crippen LogP contribution in [0.15, 0.2) is 24.3 Å². The molecule has 1 heterocycles. The van der Waals surface area contributed by atoms with Gasteiger partial charge in [-0.2, -0.15) is 4.31 Å². The lowest BCUT2D eigenvalue weighted by molar-refractivity contribution is -0.384. The Balaban J connectivity index is 2.03. The summed E-state index contributed by atoms with van der Waals surface area (Å²) in [6.45, 7) is 2.06. The monoisotopic (exact) mass is 285 g/mol. The van der Waals surface area contributed by atoms with Crippen LogP contribution in [0.2, 0.25) is 0 Å². The lowest BCUT2D eigenvalue weighted by atomic mass is 10.2. The van der Waals surface area contributed by atoms with Crippen molar-refractivity contribution in [3.8, 4) is 0 Å². The highest BCUT2D eigenvalue weighted by molar-refractivity contribution is 7.88. The first-order chi connectivity index (χ1) is 8.88. The van der Waals surface area contributed by atoms with Crippen LogP contribution in [-0.2, 0) is 10.0 Å². The summed E-state index contributed by atoms with van der Waals surface area (Å²) in [7, 11) is -3.13. The van der Waals surface area contributed by atoms with Gasteiger partial charge < -0.3 is 4.90 Å². The molecule has 1 aliphatic heterocycles. The molecule has 8 heteroatoms. The Morgan fingerprint density at radius 1 is 1.11 bits per heavy atom. The summed E-state index contributed by atoms with van der Waals surface area (Å²) in [6, 6.07) is 6.29. The molecule has 1 aromatic carbocycles. The molecule has 0 atom stereocenters. The fraction of sp³-hybridized carbons (Fsp3) is 0.455. The van der Waals surface area contributed by atoms with E-state index in [0.29, 0.717) is 26.2 Å². The highest BCUT2D eigenvalue weighted by atomic mass is 32.2. The topological polar surface area (TPSA) is 83.8 Å². The van der Waals surface area contributed by atoms with Gasteiger partial charge in [0.15, 0.2) is 0 Å². The molecule has 0 bridgehead atoms. The second-order valence-corrected chi connectivity index (χ2v) is 6.41. The molecular weight excluding hydrogens is 270 g/mol. The Bertz CT molecular complexity index is 562. The minimum absolute atomic E-state index is 0.0542. The second kappa shape index (κ2) is 5.14. The first-order valence-corrected chi connectivity index (χ1v) is 7.67. The number of piperazine rings is 1. The van der Waals surface area contributed by atoms with Gasteiger partial charge in [-0.15, -0.1) is 0 Å². The Morgan fingerprint density at radius 3 is 2.05 bits per heavy atom. The second-order valence-electron chi connectivity index (χ2n) is 4.42. The third-order valence-electron chi connectivity index (χ3n) is 3.13.